The van der Waals surface area contributed by atoms with Gasteiger partial charge in [-0.3, -0.25) is 0 Å². The molecule has 12 heteroatoms. The van der Waals surface area contributed by atoms with E-state index in [0.717, 1.165) is 27.7 Å². The third-order valence-corrected chi connectivity index (χ3v) is 0. The molecule has 0 saturated heterocycles. The van der Waals surface area contributed by atoms with Gasteiger partial charge in [0.25, 0.3) is 0 Å². The Morgan fingerprint density at radius 1 is 0.450 bits per heavy atom. The molecule has 20 heavy (non-hydrogen) atoms. The fourth-order valence-corrected chi connectivity index (χ4v) is 0. The van der Waals surface area contributed by atoms with Gasteiger partial charge in [-0.25, -0.2) is 0 Å². The number of hydrogen-bond acceptors (Lipinski definition) is 8. The van der Waals surface area contributed by atoms with Crippen molar-refractivity contribution in [2.24, 2.45) is 0 Å². The normalized spacial score (nSPS) is 5.00. The molecule has 0 aliphatic rings. The van der Waals surface area contributed by atoms with E-state index in [1.54, 1.807) is 0 Å². The molecule has 0 fully saturated rings. The van der Waals surface area contributed by atoms with Crippen LogP contribution in [0.5, 0.6) is 0 Å². The molecule has 0 rings (SSSR count). The Balaban J connectivity index is -0.0000000150. The van der Waals surface area contributed by atoms with Crippen molar-refractivity contribution in [2.45, 2.75) is 27.7 Å². The first-order chi connectivity index (χ1) is 6.93. The minimum Gasteiger partial charge on any atom is -0.550 e. The van der Waals surface area contributed by atoms with Crippen LogP contribution >= 0.6 is 0 Å². The predicted octanol–water partition coefficient (Wildman–Crippen LogP) is -17.0. The summed E-state index contributed by atoms with van der Waals surface area (Å²) in [6.07, 6.45) is 0. The van der Waals surface area contributed by atoms with Crippen molar-refractivity contribution in [2.75, 3.05) is 0 Å². The Morgan fingerprint density at radius 3 is 0.450 bits per heavy atom. The molecule has 0 unspecified atom stereocenters. The molecule has 0 atom stereocenters. The van der Waals surface area contributed by atoms with E-state index in [2.05, 4.69) is 0 Å². The molecule has 0 aromatic carbocycles. The molecule has 0 aromatic heterocycles. The van der Waals surface area contributed by atoms with Crippen molar-refractivity contribution < 1.29 is 272 Å². The predicted molar refractivity (Wildman–Crippen MR) is 42.7 cm³/mol. The number of rotatable bonds is 0. The molecule has 0 bridgehead atoms. The average molecular weight is 578 g/mol. The summed E-state index contributed by atoms with van der Waals surface area (Å²) in [6, 6.07) is 0. The van der Waals surface area contributed by atoms with Crippen LogP contribution in [0.2, 0.25) is 0 Å². The van der Waals surface area contributed by atoms with Crippen molar-refractivity contribution >= 4 is 23.9 Å². The molecule has 0 aromatic rings. The summed E-state index contributed by atoms with van der Waals surface area (Å²) in [7, 11) is 0. The number of hydrogen-bond donors (Lipinski definition) is 0. The van der Waals surface area contributed by atoms with Gasteiger partial charge in [0.05, 0.1) is 0 Å². The molecule has 0 aliphatic heterocycles. The summed E-state index contributed by atoms with van der Waals surface area (Å²) in [4.78, 5) is 35.6. The van der Waals surface area contributed by atoms with Crippen molar-refractivity contribution in [3.05, 3.63) is 0 Å². The van der Waals surface area contributed by atoms with Crippen LogP contribution in [0.25, 0.3) is 0 Å². The van der Waals surface area contributed by atoms with E-state index in [9.17, 15) is 0 Å². The maximum absolute atomic E-state index is 8.89. The molecule has 96 valence electrons. The Kier molecular flexibility index (Phi) is 110. The van der Waals surface area contributed by atoms with Crippen LogP contribution in [0.15, 0.2) is 0 Å². The van der Waals surface area contributed by atoms with Gasteiger partial charge in [-0.1, -0.05) is 0 Å². The van der Waals surface area contributed by atoms with E-state index in [1.165, 1.54) is 0 Å². The standard InChI is InChI=1S/4C2H4O2.4Rb/c4*1-2(3)4;;;;/h4*1H3,(H,3,4);;;;/q;;;;4*+1/p-4. The van der Waals surface area contributed by atoms with E-state index in [1.807, 2.05) is 0 Å². The average Bonchev–Trinajstić information content (AvgIpc) is 1.76. The Bertz CT molecular complexity index is 171. The SMILES string of the molecule is CC(=O)[O-].CC(=O)[O-].CC(=O)[O-].CC(=O)[O-].[Rb+].[Rb+].[Rb+].[Rb+]. The van der Waals surface area contributed by atoms with Gasteiger partial charge in [0.2, 0.25) is 0 Å². The first-order valence-electron chi connectivity index (χ1n) is 3.63. The largest absolute Gasteiger partial charge is 1.00 e. The van der Waals surface area contributed by atoms with Gasteiger partial charge in [0.15, 0.2) is 0 Å². The summed E-state index contributed by atoms with van der Waals surface area (Å²) in [6.45, 7) is 3.89. The molecule has 8 nitrogen and oxygen atoms in total. The number of carboxylic acids is 4. The van der Waals surface area contributed by atoms with Crippen molar-refractivity contribution in [3.8, 4) is 0 Å². The molecule has 0 N–H and O–H groups in total. The molecule has 0 aliphatic carbocycles. The third-order valence-electron chi connectivity index (χ3n) is 0. The van der Waals surface area contributed by atoms with Crippen LogP contribution in [-0.4, -0.2) is 23.9 Å². The van der Waals surface area contributed by atoms with E-state index in [0.29, 0.717) is 0 Å². The maximum atomic E-state index is 8.89. The molecule has 0 heterocycles. The third kappa shape index (κ3) is 434. The fraction of sp³-hybridized carbons (Fsp3) is 0.500. The van der Waals surface area contributed by atoms with Gasteiger partial charge in [-0.2, -0.15) is 0 Å². The fourth-order valence-electron chi connectivity index (χ4n) is 0. The zero-order valence-corrected chi connectivity index (χ0v) is 32.9. The summed E-state index contributed by atoms with van der Waals surface area (Å²) in [5, 5.41) is 35.6. The number of carbonyl (C=O) groups is 4. The topological polar surface area (TPSA) is 161 Å². The van der Waals surface area contributed by atoms with Gasteiger partial charge in [0.1, 0.15) is 0 Å². The number of carbonyl (C=O) groups excluding carboxylic acids is 4. The first-order valence-corrected chi connectivity index (χ1v) is 3.63. The van der Waals surface area contributed by atoms with Gasteiger partial charge >= 0.3 is 233 Å². The van der Waals surface area contributed by atoms with Crippen LogP contribution in [0.3, 0.4) is 0 Å². The zero-order chi connectivity index (χ0) is 14.3. The summed E-state index contributed by atoms with van der Waals surface area (Å²) in [5.74, 6) is -4.33. The van der Waals surface area contributed by atoms with Crippen molar-refractivity contribution in [1.82, 2.24) is 0 Å². The monoisotopic (exact) mass is 576 g/mol. The van der Waals surface area contributed by atoms with E-state index < -0.39 is 23.9 Å². The Morgan fingerprint density at radius 2 is 0.450 bits per heavy atom. The summed E-state index contributed by atoms with van der Waals surface area (Å²) in [5.41, 5.74) is 0. The second kappa shape index (κ2) is 44.0. The van der Waals surface area contributed by atoms with Gasteiger partial charge in [-0.15, -0.1) is 0 Å². The Hall–Kier alpha value is 5.10. The van der Waals surface area contributed by atoms with E-state index >= 15 is 0 Å². The van der Waals surface area contributed by atoms with Crippen LogP contribution in [-0.2, 0) is 19.2 Å². The molecule has 0 saturated carbocycles. The summed E-state index contributed by atoms with van der Waals surface area (Å²) < 4.78 is 0. The van der Waals surface area contributed by atoms with Crippen LogP contribution < -0.4 is 253 Å². The molecule has 0 radical (unpaired) electrons. The van der Waals surface area contributed by atoms with Gasteiger partial charge in [-0.05, 0) is 27.7 Å². The second-order valence-electron chi connectivity index (χ2n) is 1.97. The van der Waals surface area contributed by atoms with E-state index in [-0.39, 0.29) is 233 Å². The zero-order valence-electron chi connectivity index (χ0n) is 13.3. The smallest absolute Gasteiger partial charge is 0.550 e. The number of aliphatic carboxylic acids is 4. The second-order valence-corrected chi connectivity index (χ2v) is 1.97. The van der Waals surface area contributed by atoms with Gasteiger partial charge < -0.3 is 39.6 Å². The van der Waals surface area contributed by atoms with Crippen LogP contribution in [0, 0.1) is 0 Å². The minimum atomic E-state index is -1.08. The van der Waals surface area contributed by atoms with Crippen molar-refractivity contribution in [3.63, 3.8) is 0 Å². The maximum Gasteiger partial charge on any atom is 1.00 e. The van der Waals surface area contributed by atoms with Gasteiger partial charge in [0, 0.05) is 23.9 Å². The molecular formula is C8H12O8Rb4. The minimum absolute atomic E-state index is 0. The number of carboxylic acid groups (broad SMARTS) is 4. The first kappa shape index (κ1) is 49.9. The quantitative estimate of drug-likeness (QED) is 0.274. The summed E-state index contributed by atoms with van der Waals surface area (Å²) >= 11 is 0. The van der Waals surface area contributed by atoms with Crippen molar-refractivity contribution in [1.29, 1.82) is 0 Å². The Labute approximate surface area is 313 Å². The molecule has 0 spiro atoms. The van der Waals surface area contributed by atoms with Crippen LogP contribution in [0.1, 0.15) is 27.7 Å². The molecule has 0 amide bonds. The van der Waals surface area contributed by atoms with Crippen LogP contribution in [0.4, 0.5) is 0 Å². The van der Waals surface area contributed by atoms with E-state index in [4.69, 9.17) is 39.6 Å². The molecular weight excluding hydrogens is 566 g/mol.